The van der Waals surface area contributed by atoms with E-state index in [4.69, 9.17) is 11.6 Å². The van der Waals surface area contributed by atoms with Crippen LogP contribution in [0.5, 0.6) is 0 Å². The lowest BCUT2D eigenvalue weighted by Gasteiger charge is -2.06. The maximum absolute atomic E-state index is 12.2. The van der Waals surface area contributed by atoms with E-state index in [1.807, 2.05) is 31.2 Å². The van der Waals surface area contributed by atoms with Gasteiger partial charge in [-0.2, -0.15) is 10.2 Å². The normalized spacial score (nSPS) is 10.8. The Balaban J connectivity index is 1.69. The summed E-state index contributed by atoms with van der Waals surface area (Å²) in [6.07, 6.45) is 1.13. The minimum atomic E-state index is -0.531. The van der Waals surface area contributed by atoms with E-state index in [1.165, 1.54) is 4.68 Å². The van der Waals surface area contributed by atoms with Crippen LogP contribution in [0, 0.1) is 24.0 Å². The van der Waals surface area contributed by atoms with E-state index in [0.29, 0.717) is 23.1 Å². The van der Waals surface area contributed by atoms with Gasteiger partial charge >= 0.3 is 5.69 Å². The fraction of sp³-hybridized carbons (Fsp3) is 0.235. The van der Waals surface area contributed by atoms with Crippen LogP contribution >= 0.6 is 11.6 Å². The number of aryl methyl sites for hydroxylation is 1. The van der Waals surface area contributed by atoms with Crippen molar-refractivity contribution in [3.05, 3.63) is 68.6 Å². The summed E-state index contributed by atoms with van der Waals surface area (Å²) >= 11 is 6.18. The van der Waals surface area contributed by atoms with Gasteiger partial charge in [-0.25, -0.2) is 0 Å². The van der Waals surface area contributed by atoms with Crippen molar-refractivity contribution in [3.63, 3.8) is 0 Å². The zero-order valence-electron chi connectivity index (χ0n) is 14.7. The summed E-state index contributed by atoms with van der Waals surface area (Å²) in [4.78, 5) is 22.6. The molecule has 2 aromatic heterocycles. The Morgan fingerprint density at radius 3 is 2.70 bits per heavy atom. The molecule has 1 amide bonds. The molecule has 0 aliphatic rings. The number of benzene rings is 1. The molecule has 0 unspecified atom stereocenters. The lowest BCUT2D eigenvalue weighted by atomic mass is 10.2. The first-order valence-electron chi connectivity index (χ1n) is 8.09. The molecule has 10 heteroatoms. The van der Waals surface area contributed by atoms with Crippen LogP contribution in [0.3, 0.4) is 0 Å². The van der Waals surface area contributed by atoms with Crippen molar-refractivity contribution in [3.8, 4) is 0 Å². The van der Waals surface area contributed by atoms with Gasteiger partial charge < -0.3 is 5.32 Å². The van der Waals surface area contributed by atoms with Gasteiger partial charge in [-0.3, -0.25) is 24.3 Å². The van der Waals surface area contributed by atoms with Crippen LogP contribution < -0.4 is 5.32 Å². The van der Waals surface area contributed by atoms with Crippen molar-refractivity contribution < 1.29 is 9.72 Å². The van der Waals surface area contributed by atoms with E-state index in [2.05, 4.69) is 15.5 Å². The maximum Gasteiger partial charge on any atom is 0.309 e. The number of carbonyl (C=O) groups is 1. The summed E-state index contributed by atoms with van der Waals surface area (Å²) < 4.78 is 3.02. The largest absolute Gasteiger partial charge is 0.309 e. The topological polar surface area (TPSA) is 108 Å². The number of aromatic nitrogens is 4. The summed E-state index contributed by atoms with van der Waals surface area (Å²) in [6.45, 7) is 3.75. The average Bonchev–Trinajstić information content (AvgIpc) is 3.13. The molecule has 140 valence electrons. The molecule has 0 radical (unpaired) electrons. The van der Waals surface area contributed by atoms with Gasteiger partial charge in [-0.05, 0) is 25.5 Å². The molecule has 0 aliphatic heterocycles. The number of nitrogens with zero attached hydrogens (tertiary/aromatic N) is 5. The van der Waals surface area contributed by atoms with E-state index in [1.54, 1.807) is 17.7 Å². The second kappa shape index (κ2) is 7.58. The molecule has 0 atom stereocenters. The standard InChI is InChI=1S/C17H17ClN6O3/c1-11-7-16(21-22(11)9-13-5-3-4-6-14(13)18)20-17(25)10-23-12(2)15(8-19-23)24(26)27/h3-8H,9-10H2,1-2H3,(H,20,21,25). The monoisotopic (exact) mass is 388 g/mol. The van der Waals surface area contributed by atoms with Crippen LogP contribution in [0.4, 0.5) is 11.5 Å². The predicted molar refractivity (Wildman–Crippen MR) is 99.8 cm³/mol. The summed E-state index contributed by atoms with van der Waals surface area (Å²) in [5.41, 5.74) is 1.97. The van der Waals surface area contributed by atoms with E-state index in [-0.39, 0.29) is 18.1 Å². The Kier molecular flexibility index (Phi) is 5.22. The first-order valence-corrected chi connectivity index (χ1v) is 8.47. The summed E-state index contributed by atoms with van der Waals surface area (Å²) in [6, 6.07) is 9.22. The molecule has 0 saturated carbocycles. The zero-order valence-corrected chi connectivity index (χ0v) is 15.5. The highest BCUT2D eigenvalue weighted by Crippen LogP contribution is 2.19. The van der Waals surface area contributed by atoms with Crippen molar-refractivity contribution >= 4 is 29.0 Å². The van der Waals surface area contributed by atoms with Crippen LogP contribution in [0.1, 0.15) is 17.0 Å². The third-order valence-electron chi connectivity index (χ3n) is 4.09. The van der Waals surface area contributed by atoms with Gasteiger partial charge in [0.25, 0.3) is 0 Å². The molecular weight excluding hydrogens is 372 g/mol. The average molecular weight is 389 g/mol. The van der Waals surface area contributed by atoms with Crippen LogP contribution in [0.2, 0.25) is 5.02 Å². The SMILES string of the molecule is Cc1cc(NC(=O)Cn2ncc([N+](=O)[O-])c2C)nn1Cc1ccccc1Cl. The minimum absolute atomic E-state index is 0.123. The highest BCUT2D eigenvalue weighted by atomic mass is 35.5. The molecule has 3 aromatic rings. The maximum atomic E-state index is 12.2. The van der Waals surface area contributed by atoms with Gasteiger partial charge in [0.2, 0.25) is 5.91 Å². The molecule has 1 N–H and O–H groups in total. The number of carbonyl (C=O) groups excluding carboxylic acids is 1. The van der Waals surface area contributed by atoms with Crippen molar-refractivity contribution in [2.75, 3.05) is 5.32 Å². The second-order valence-corrected chi connectivity index (χ2v) is 6.41. The lowest BCUT2D eigenvalue weighted by Crippen LogP contribution is -2.20. The Hall–Kier alpha value is -3.20. The van der Waals surface area contributed by atoms with Crippen LogP contribution in [-0.4, -0.2) is 30.4 Å². The zero-order chi connectivity index (χ0) is 19.6. The van der Waals surface area contributed by atoms with Crippen LogP contribution in [0.15, 0.2) is 36.5 Å². The molecule has 9 nitrogen and oxygen atoms in total. The highest BCUT2D eigenvalue weighted by molar-refractivity contribution is 6.31. The van der Waals surface area contributed by atoms with Gasteiger partial charge in [-0.15, -0.1) is 0 Å². The number of hydrogen-bond acceptors (Lipinski definition) is 5. The summed E-state index contributed by atoms with van der Waals surface area (Å²) in [7, 11) is 0. The molecule has 0 spiro atoms. The van der Waals surface area contributed by atoms with Crippen molar-refractivity contribution in [1.82, 2.24) is 19.6 Å². The quantitative estimate of drug-likeness (QED) is 0.516. The molecule has 3 rings (SSSR count). The van der Waals surface area contributed by atoms with E-state index < -0.39 is 4.92 Å². The van der Waals surface area contributed by atoms with Gasteiger partial charge in [0.1, 0.15) is 18.4 Å². The number of anilines is 1. The van der Waals surface area contributed by atoms with E-state index >= 15 is 0 Å². The first-order chi connectivity index (χ1) is 12.8. The van der Waals surface area contributed by atoms with Crippen molar-refractivity contribution in [2.24, 2.45) is 0 Å². The molecule has 1 aromatic carbocycles. The summed E-state index contributed by atoms with van der Waals surface area (Å²) in [5.74, 6) is 0.0161. The van der Waals surface area contributed by atoms with Gasteiger partial charge in [-0.1, -0.05) is 29.8 Å². The number of nitrogens with one attached hydrogen (secondary N) is 1. The number of rotatable bonds is 6. The number of halogens is 1. The molecule has 0 aliphatic carbocycles. The molecule has 27 heavy (non-hydrogen) atoms. The minimum Gasteiger partial charge on any atom is -0.308 e. The Morgan fingerprint density at radius 1 is 1.30 bits per heavy atom. The second-order valence-electron chi connectivity index (χ2n) is 6.00. The lowest BCUT2D eigenvalue weighted by molar-refractivity contribution is -0.385. The molecule has 2 heterocycles. The van der Waals surface area contributed by atoms with Crippen molar-refractivity contribution in [1.29, 1.82) is 0 Å². The smallest absolute Gasteiger partial charge is 0.308 e. The fourth-order valence-electron chi connectivity index (χ4n) is 2.61. The first kappa shape index (κ1) is 18.6. The summed E-state index contributed by atoms with van der Waals surface area (Å²) in [5, 5.41) is 22.4. The third-order valence-corrected chi connectivity index (χ3v) is 4.46. The van der Waals surface area contributed by atoms with Crippen LogP contribution in [0.25, 0.3) is 0 Å². The molecular formula is C17H17ClN6O3. The van der Waals surface area contributed by atoms with E-state index in [9.17, 15) is 14.9 Å². The molecule has 0 saturated heterocycles. The predicted octanol–water partition coefficient (Wildman–Crippen LogP) is 2.95. The van der Waals surface area contributed by atoms with Crippen LogP contribution in [-0.2, 0) is 17.9 Å². The Labute approximate surface area is 159 Å². The Morgan fingerprint density at radius 2 is 2.04 bits per heavy atom. The van der Waals surface area contributed by atoms with E-state index in [0.717, 1.165) is 17.5 Å². The Bertz CT molecular complexity index is 1010. The number of amides is 1. The molecule has 0 bridgehead atoms. The number of nitro groups is 1. The van der Waals surface area contributed by atoms with Gasteiger partial charge in [0.05, 0.1) is 11.5 Å². The number of hydrogen-bond donors (Lipinski definition) is 1. The van der Waals surface area contributed by atoms with Gasteiger partial charge in [0.15, 0.2) is 5.82 Å². The molecule has 0 fully saturated rings. The fourth-order valence-corrected chi connectivity index (χ4v) is 2.81. The van der Waals surface area contributed by atoms with Crippen molar-refractivity contribution in [2.45, 2.75) is 26.9 Å². The van der Waals surface area contributed by atoms with Gasteiger partial charge in [0, 0.05) is 16.8 Å². The third kappa shape index (κ3) is 4.14. The highest BCUT2D eigenvalue weighted by Gasteiger charge is 2.18.